The van der Waals surface area contributed by atoms with Gasteiger partial charge in [0.1, 0.15) is 6.04 Å². The molecule has 2 aromatic rings. The number of imidazole rings is 1. The van der Waals surface area contributed by atoms with Gasteiger partial charge in [-0.05, 0) is 37.3 Å². The maximum absolute atomic E-state index is 12.7. The van der Waals surface area contributed by atoms with Gasteiger partial charge in [0.05, 0.1) is 11.0 Å². The fourth-order valence-electron chi connectivity index (χ4n) is 3.29. The molecule has 2 N–H and O–H groups in total. The molecule has 22 heavy (non-hydrogen) atoms. The average Bonchev–Trinajstić information content (AvgIpc) is 2.78. The summed E-state index contributed by atoms with van der Waals surface area (Å²) in [4.78, 5) is 24.8. The van der Waals surface area contributed by atoms with E-state index in [-0.39, 0.29) is 18.2 Å². The van der Waals surface area contributed by atoms with E-state index in [1.54, 1.807) is 16.2 Å². The second-order valence-electron chi connectivity index (χ2n) is 5.77. The second kappa shape index (κ2) is 5.96. The Kier molecular flexibility index (Phi) is 4.02. The molecule has 1 aromatic carbocycles. The molecule has 2 heterocycles. The molecule has 1 aromatic heterocycles. The molecule has 6 heteroatoms. The van der Waals surface area contributed by atoms with Crippen LogP contribution in [-0.2, 0) is 18.3 Å². The van der Waals surface area contributed by atoms with Gasteiger partial charge in [-0.2, -0.15) is 0 Å². The van der Waals surface area contributed by atoms with Gasteiger partial charge >= 0.3 is 5.69 Å². The second-order valence-corrected chi connectivity index (χ2v) is 5.77. The summed E-state index contributed by atoms with van der Waals surface area (Å²) >= 11 is 0. The molecular weight excluding hydrogens is 282 g/mol. The van der Waals surface area contributed by atoms with E-state index < -0.39 is 6.04 Å². The van der Waals surface area contributed by atoms with Crippen molar-refractivity contribution in [3.63, 3.8) is 0 Å². The van der Waals surface area contributed by atoms with Gasteiger partial charge in [-0.1, -0.05) is 12.1 Å². The zero-order valence-electron chi connectivity index (χ0n) is 12.7. The summed E-state index contributed by atoms with van der Waals surface area (Å²) in [5.74, 6) is -0.0818. The summed E-state index contributed by atoms with van der Waals surface area (Å²) in [7, 11) is 1.74. The highest BCUT2D eigenvalue weighted by Crippen LogP contribution is 2.25. The van der Waals surface area contributed by atoms with E-state index in [2.05, 4.69) is 5.32 Å². The van der Waals surface area contributed by atoms with Gasteiger partial charge in [-0.25, -0.2) is 4.79 Å². The fraction of sp³-hybridized carbons (Fsp3) is 0.500. The number of para-hydroxylation sites is 1. The number of amides is 1. The van der Waals surface area contributed by atoms with Crippen molar-refractivity contribution >= 4 is 16.9 Å². The fourth-order valence-corrected chi connectivity index (χ4v) is 3.29. The van der Waals surface area contributed by atoms with Crippen LogP contribution in [0.5, 0.6) is 0 Å². The SMILES string of the molecule is Cn1c(=O)n(C2CCCNC2=O)c2cccc(CCCO)c21. The molecule has 0 saturated carbocycles. The average molecular weight is 303 g/mol. The molecule has 0 spiro atoms. The van der Waals surface area contributed by atoms with Crippen LogP contribution in [0, 0.1) is 0 Å². The lowest BCUT2D eigenvalue weighted by atomic mass is 10.1. The summed E-state index contributed by atoms with van der Waals surface area (Å²) in [6.45, 7) is 0.798. The van der Waals surface area contributed by atoms with Crippen LogP contribution in [0.2, 0.25) is 0 Å². The number of aryl methyl sites for hydroxylation is 2. The summed E-state index contributed by atoms with van der Waals surface area (Å²) in [6.07, 6.45) is 2.93. The van der Waals surface area contributed by atoms with Gasteiger partial charge in [-0.3, -0.25) is 13.9 Å². The van der Waals surface area contributed by atoms with Crippen molar-refractivity contribution in [2.24, 2.45) is 7.05 Å². The molecule has 0 radical (unpaired) electrons. The van der Waals surface area contributed by atoms with Crippen LogP contribution in [0.25, 0.3) is 11.0 Å². The first-order chi connectivity index (χ1) is 10.6. The van der Waals surface area contributed by atoms with Crippen LogP contribution >= 0.6 is 0 Å². The minimum atomic E-state index is -0.432. The zero-order chi connectivity index (χ0) is 15.7. The number of benzene rings is 1. The monoisotopic (exact) mass is 303 g/mol. The topological polar surface area (TPSA) is 76.3 Å². The van der Waals surface area contributed by atoms with Crippen LogP contribution < -0.4 is 11.0 Å². The molecule has 1 unspecified atom stereocenters. The summed E-state index contributed by atoms with van der Waals surface area (Å²) in [5, 5.41) is 11.9. The third-order valence-electron chi connectivity index (χ3n) is 4.36. The summed E-state index contributed by atoms with van der Waals surface area (Å²) < 4.78 is 3.23. The molecule has 1 fully saturated rings. The van der Waals surface area contributed by atoms with E-state index >= 15 is 0 Å². The smallest absolute Gasteiger partial charge is 0.329 e. The van der Waals surface area contributed by atoms with Crippen LogP contribution in [0.15, 0.2) is 23.0 Å². The van der Waals surface area contributed by atoms with Crippen LogP contribution in [0.4, 0.5) is 0 Å². The molecule has 1 atom stereocenters. The lowest BCUT2D eigenvalue weighted by Crippen LogP contribution is -2.41. The highest BCUT2D eigenvalue weighted by atomic mass is 16.3. The normalized spacial score (nSPS) is 18.6. The Morgan fingerprint density at radius 1 is 1.36 bits per heavy atom. The Labute approximate surface area is 128 Å². The molecule has 6 nitrogen and oxygen atoms in total. The predicted molar refractivity (Wildman–Crippen MR) is 83.9 cm³/mol. The number of hydrogen-bond donors (Lipinski definition) is 2. The van der Waals surface area contributed by atoms with Crippen molar-refractivity contribution < 1.29 is 9.90 Å². The highest BCUT2D eigenvalue weighted by molar-refractivity contribution is 5.85. The van der Waals surface area contributed by atoms with Gasteiger partial charge in [0, 0.05) is 20.2 Å². The Hall–Kier alpha value is -2.08. The zero-order valence-corrected chi connectivity index (χ0v) is 12.7. The van der Waals surface area contributed by atoms with Crippen LogP contribution in [-0.4, -0.2) is 33.3 Å². The highest BCUT2D eigenvalue weighted by Gasteiger charge is 2.28. The van der Waals surface area contributed by atoms with Gasteiger partial charge in [0.25, 0.3) is 0 Å². The van der Waals surface area contributed by atoms with E-state index in [1.165, 1.54) is 0 Å². The van der Waals surface area contributed by atoms with E-state index in [1.807, 2.05) is 18.2 Å². The molecule has 118 valence electrons. The van der Waals surface area contributed by atoms with Crippen molar-refractivity contribution in [3.05, 3.63) is 34.2 Å². The lowest BCUT2D eigenvalue weighted by molar-refractivity contribution is -0.125. The number of rotatable bonds is 4. The van der Waals surface area contributed by atoms with Gasteiger partial charge in [0.2, 0.25) is 5.91 Å². The van der Waals surface area contributed by atoms with Crippen LogP contribution in [0.3, 0.4) is 0 Å². The molecule has 1 aliphatic rings. The molecule has 1 saturated heterocycles. The van der Waals surface area contributed by atoms with Gasteiger partial charge in [-0.15, -0.1) is 0 Å². The van der Waals surface area contributed by atoms with Gasteiger partial charge < -0.3 is 10.4 Å². The first-order valence-electron chi connectivity index (χ1n) is 7.72. The van der Waals surface area contributed by atoms with Crippen LogP contribution in [0.1, 0.15) is 30.9 Å². The number of carbonyl (C=O) groups is 1. The number of aliphatic hydroxyl groups excluding tert-OH is 1. The Balaban J connectivity index is 2.17. The van der Waals surface area contributed by atoms with E-state index in [0.29, 0.717) is 25.8 Å². The summed E-state index contributed by atoms with van der Waals surface area (Å²) in [5.41, 5.74) is 2.53. The third kappa shape index (κ3) is 2.33. The quantitative estimate of drug-likeness (QED) is 0.873. The number of nitrogens with zero attached hydrogens (tertiary/aromatic N) is 2. The molecule has 0 aliphatic carbocycles. The molecule has 1 aliphatic heterocycles. The number of aliphatic hydroxyl groups is 1. The van der Waals surface area contributed by atoms with E-state index in [4.69, 9.17) is 5.11 Å². The number of hydrogen-bond acceptors (Lipinski definition) is 3. The van der Waals surface area contributed by atoms with Crippen molar-refractivity contribution in [3.8, 4) is 0 Å². The molecule has 3 rings (SSSR count). The lowest BCUT2D eigenvalue weighted by Gasteiger charge is -2.22. The van der Waals surface area contributed by atoms with Crippen molar-refractivity contribution in [1.29, 1.82) is 0 Å². The maximum atomic E-state index is 12.7. The summed E-state index contributed by atoms with van der Waals surface area (Å²) in [6, 6.07) is 5.34. The van der Waals surface area contributed by atoms with Gasteiger partial charge in [0.15, 0.2) is 0 Å². The number of nitrogens with one attached hydrogen (secondary N) is 1. The maximum Gasteiger partial charge on any atom is 0.329 e. The minimum absolute atomic E-state index is 0.0818. The number of aromatic nitrogens is 2. The Bertz CT molecular complexity index is 760. The third-order valence-corrected chi connectivity index (χ3v) is 4.36. The van der Waals surface area contributed by atoms with E-state index in [9.17, 15) is 9.59 Å². The Morgan fingerprint density at radius 3 is 2.91 bits per heavy atom. The van der Waals surface area contributed by atoms with E-state index in [0.717, 1.165) is 23.0 Å². The predicted octanol–water partition coefficient (Wildman–Crippen LogP) is 0.716. The number of fused-ring (bicyclic) bond motifs is 1. The molecule has 1 amide bonds. The first kappa shape index (κ1) is 14.8. The largest absolute Gasteiger partial charge is 0.396 e. The molecular formula is C16H21N3O3. The first-order valence-corrected chi connectivity index (χ1v) is 7.72. The van der Waals surface area contributed by atoms with Crippen molar-refractivity contribution in [2.45, 2.75) is 31.7 Å². The molecule has 0 bridgehead atoms. The number of carbonyl (C=O) groups excluding carboxylic acids is 1. The number of piperidine rings is 1. The minimum Gasteiger partial charge on any atom is -0.396 e. The van der Waals surface area contributed by atoms with Crippen molar-refractivity contribution in [2.75, 3.05) is 13.2 Å². The van der Waals surface area contributed by atoms with Crippen molar-refractivity contribution in [1.82, 2.24) is 14.5 Å². The Morgan fingerprint density at radius 2 is 2.18 bits per heavy atom. The standard InChI is InChI=1S/C16H21N3O3/c1-18-14-11(6-4-10-20)5-2-7-12(14)19(16(18)22)13-8-3-9-17-15(13)21/h2,5,7,13,20H,3-4,6,8-10H2,1H3,(H,17,21).